The van der Waals surface area contributed by atoms with Gasteiger partial charge < -0.3 is 9.84 Å². The third-order valence-electron chi connectivity index (χ3n) is 4.37. The number of hydrogen-bond donors (Lipinski definition) is 1. The lowest BCUT2D eigenvalue weighted by atomic mass is 9.98. The Hall–Kier alpha value is -3.37. The number of aromatic nitrogens is 1. The predicted molar refractivity (Wildman–Crippen MR) is 111 cm³/mol. The second-order valence-corrected chi connectivity index (χ2v) is 6.73. The van der Waals surface area contributed by atoms with Crippen molar-refractivity contribution in [2.75, 3.05) is 6.61 Å². The SMILES string of the molecule is O=C(O)COc1ccc(-c2cc(-c3ccccc3)c3cc(Cl)ccc3n2)cc1. The minimum Gasteiger partial charge on any atom is -0.482 e. The fraction of sp³-hybridized carbons (Fsp3) is 0.0435. The second kappa shape index (κ2) is 7.71. The molecule has 0 aliphatic heterocycles. The molecule has 0 radical (unpaired) electrons. The first kappa shape index (κ1) is 18.0. The normalized spacial score (nSPS) is 10.8. The van der Waals surface area contributed by atoms with Gasteiger partial charge in [-0.3, -0.25) is 0 Å². The van der Waals surface area contributed by atoms with E-state index in [0.29, 0.717) is 10.8 Å². The van der Waals surface area contributed by atoms with Crippen LogP contribution in [0.5, 0.6) is 5.75 Å². The number of carboxylic acids is 1. The highest BCUT2D eigenvalue weighted by Gasteiger charge is 2.10. The van der Waals surface area contributed by atoms with Crippen LogP contribution in [0.15, 0.2) is 78.9 Å². The molecular weight excluding hydrogens is 374 g/mol. The molecule has 3 aromatic carbocycles. The second-order valence-electron chi connectivity index (χ2n) is 6.29. The number of aliphatic carboxylic acids is 1. The smallest absolute Gasteiger partial charge is 0.341 e. The predicted octanol–water partition coefficient (Wildman–Crippen LogP) is 5.69. The molecule has 1 aromatic heterocycles. The zero-order chi connectivity index (χ0) is 19.5. The first-order valence-corrected chi connectivity index (χ1v) is 9.09. The van der Waals surface area contributed by atoms with E-state index in [1.165, 1.54) is 0 Å². The van der Waals surface area contributed by atoms with Crippen LogP contribution in [0, 0.1) is 0 Å². The molecule has 0 bridgehead atoms. The average molecular weight is 390 g/mol. The molecule has 0 saturated carbocycles. The maximum Gasteiger partial charge on any atom is 0.341 e. The highest BCUT2D eigenvalue weighted by molar-refractivity contribution is 6.31. The molecule has 0 aliphatic carbocycles. The number of hydrogen-bond acceptors (Lipinski definition) is 3. The van der Waals surface area contributed by atoms with E-state index < -0.39 is 5.97 Å². The van der Waals surface area contributed by atoms with Crippen LogP contribution in [0.3, 0.4) is 0 Å². The van der Waals surface area contributed by atoms with Crippen molar-refractivity contribution in [2.24, 2.45) is 0 Å². The number of halogens is 1. The average Bonchev–Trinajstić information content (AvgIpc) is 2.72. The van der Waals surface area contributed by atoms with Gasteiger partial charge in [-0.15, -0.1) is 0 Å². The van der Waals surface area contributed by atoms with Gasteiger partial charge in [0.15, 0.2) is 6.61 Å². The lowest BCUT2D eigenvalue weighted by Crippen LogP contribution is -2.09. The van der Waals surface area contributed by atoms with Crippen molar-refractivity contribution in [3.8, 4) is 28.1 Å². The number of carboxylic acid groups (broad SMARTS) is 1. The molecule has 0 amide bonds. The largest absolute Gasteiger partial charge is 0.482 e. The molecule has 0 spiro atoms. The molecule has 0 saturated heterocycles. The van der Waals surface area contributed by atoms with Gasteiger partial charge in [-0.05, 0) is 59.7 Å². The summed E-state index contributed by atoms with van der Waals surface area (Å²) in [7, 11) is 0. The summed E-state index contributed by atoms with van der Waals surface area (Å²) in [6, 6.07) is 25.0. The molecule has 0 fully saturated rings. The lowest BCUT2D eigenvalue weighted by Gasteiger charge is -2.11. The van der Waals surface area contributed by atoms with Gasteiger partial charge in [0.05, 0.1) is 11.2 Å². The molecule has 4 rings (SSSR count). The molecule has 5 heteroatoms. The Morgan fingerprint density at radius 1 is 0.929 bits per heavy atom. The van der Waals surface area contributed by atoms with Crippen LogP contribution in [0.1, 0.15) is 0 Å². The molecule has 0 aliphatic rings. The minimum absolute atomic E-state index is 0.369. The summed E-state index contributed by atoms with van der Waals surface area (Å²) < 4.78 is 5.20. The Labute approximate surface area is 167 Å². The fourth-order valence-corrected chi connectivity index (χ4v) is 3.24. The summed E-state index contributed by atoms with van der Waals surface area (Å²) in [5, 5.41) is 10.4. The summed E-state index contributed by atoms with van der Waals surface area (Å²) in [4.78, 5) is 15.4. The fourth-order valence-electron chi connectivity index (χ4n) is 3.07. The monoisotopic (exact) mass is 389 g/mol. The van der Waals surface area contributed by atoms with Gasteiger partial charge in [0.2, 0.25) is 0 Å². The zero-order valence-corrected chi connectivity index (χ0v) is 15.6. The van der Waals surface area contributed by atoms with Crippen molar-refractivity contribution < 1.29 is 14.6 Å². The molecule has 0 atom stereocenters. The number of ether oxygens (including phenoxy) is 1. The van der Waals surface area contributed by atoms with Crippen molar-refractivity contribution >= 4 is 28.5 Å². The highest BCUT2D eigenvalue weighted by atomic mass is 35.5. The third-order valence-corrected chi connectivity index (χ3v) is 4.60. The van der Waals surface area contributed by atoms with Gasteiger partial charge in [0.1, 0.15) is 5.75 Å². The van der Waals surface area contributed by atoms with Crippen molar-refractivity contribution in [1.29, 1.82) is 0 Å². The first-order valence-electron chi connectivity index (χ1n) is 8.71. The first-order chi connectivity index (χ1) is 13.6. The molecule has 138 valence electrons. The van der Waals surface area contributed by atoms with E-state index in [9.17, 15) is 4.79 Å². The van der Waals surface area contributed by atoms with E-state index in [1.807, 2.05) is 54.6 Å². The highest BCUT2D eigenvalue weighted by Crippen LogP contribution is 2.33. The molecule has 0 unspecified atom stereocenters. The molecule has 4 aromatic rings. The molecular formula is C23H16ClNO3. The third kappa shape index (κ3) is 3.82. The van der Waals surface area contributed by atoms with Crippen LogP contribution >= 0.6 is 11.6 Å². The Balaban J connectivity index is 1.80. The summed E-state index contributed by atoms with van der Waals surface area (Å²) in [6.45, 7) is -0.369. The van der Waals surface area contributed by atoms with Crippen LogP contribution in [-0.2, 0) is 4.79 Å². The van der Waals surface area contributed by atoms with Crippen LogP contribution in [-0.4, -0.2) is 22.7 Å². The number of carbonyl (C=O) groups is 1. The molecule has 28 heavy (non-hydrogen) atoms. The van der Waals surface area contributed by atoms with Crippen LogP contribution in [0.2, 0.25) is 5.02 Å². The zero-order valence-electron chi connectivity index (χ0n) is 14.8. The standard InChI is InChI=1S/C23H16ClNO3/c24-17-8-11-21-20(12-17)19(15-4-2-1-3-5-15)13-22(25-21)16-6-9-18(10-7-16)28-14-23(26)27/h1-13H,14H2,(H,26,27). The van der Waals surface area contributed by atoms with E-state index in [-0.39, 0.29) is 6.61 Å². The maximum absolute atomic E-state index is 10.6. The topological polar surface area (TPSA) is 59.4 Å². The van der Waals surface area contributed by atoms with E-state index >= 15 is 0 Å². The van der Waals surface area contributed by atoms with E-state index in [1.54, 1.807) is 12.1 Å². The Kier molecular flexibility index (Phi) is 4.96. The van der Waals surface area contributed by atoms with Gasteiger partial charge in [0, 0.05) is 16.0 Å². The number of nitrogens with zero attached hydrogens (tertiary/aromatic N) is 1. The molecule has 1 heterocycles. The Morgan fingerprint density at radius 3 is 2.39 bits per heavy atom. The quantitative estimate of drug-likeness (QED) is 0.476. The van der Waals surface area contributed by atoms with Crippen LogP contribution in [0.4, 0.5) is 0 Å². The maximum atomic E-state index is 10.6. The van der Waals surface area contributed by atoms with Crippen LogP contribution in [0.25, 0.3) is 33.3 Å². The number of fused-ring (bicyclic) bond motifs is 1. The molecule has 4 nitrogen and oxygen atoms in total. The summed E-state index contributed by atoms with van der Waals surface area (Å²) in [5.74, 6) is -0.506. The van der Waals surface area contributed by atoms with Crippen molar-refractivity contribution in [1.82, 2.24) is 4.98 Å². The Morgan fingerprint density at radius 2 is 1.68 bits per heavy atom. The van der Waals surface area contributed by atoms with Crippen LogP contribution < -0.4 is 4.74 Å². The van der Waals surface area contributed by atoms with Crippen molar-refractivity contribution in [3.63, 3.8) is 0 Å². The van der Waals surface area contributed by atoms with Gasteiger partial charge in [-0.25, -0.2) is 9.78 Å². The molecule has 1 N–H and O–H groups in total. The van der Waals surface area contributed by atoms with E-state index in [2.05, 4.69) is 12.1 Å². The number of rotatable bonds is 5. The Bertz CT molecular complexity index is 1140. The van der Waals surface area contributed by atoms with Crippen molar-refractivity contribution in [3.05, 3.63) is 83.9 Å². The summed E-state index contributed by atoms with van der Waals surface area (Å²) in [5.41, 5.74) is 4.72. The number of pyridine rings is 1. The number of benzene rings is 3. The van der Waals surface area contributed by atoms with Gasteiger partial charge in [0.25, 0.3) is 0 Å². The van der Waals surface area contributed by atoms with Crippen molar-refractivity contribution in [2.45, 2.75) is 0 Å². The van der Waals surface area contributed by atoms with E-state index in [0.717, 1.165) is 33.3 Å². The van der Waals surface area contributed by atoms with Gasteiger partial charge in [-0.1, -0.05) is 41.9 Å². The minimum atomic E-state index is -1.01. The van der Waals surface area contributed by atoms with E-state index in [4.69, 9.17) is 26.4 Å². The summed E-state index contributed by atoms with van der Waals surface area (Å²) >= 11 is 6.22. The lowest BCUT2D eigenvalue weighted by molar-refractivity contribution is -0.139. The van der Waals surface area contributed by atoms with Gasteiger partial charge >= 0.3 is 5.97 Å². The van der Waals surface area contributed by atoms with Gasteiger partial charge in [-0.2, -0.15) is 0 Å². The summed E-state index contributed by atoms with van der Waals surface area (Å²) in [6.07, 6.45) is 0.